The highest BCUT2D eigenvalue weighted by atomic mass is 16.3. The van der Waals surface area contributed by atoms with Crippen molar-refractivity contribution in [1.82, 2.24) is 0 Å². The molecule has 0 saturated heterocycles. The highest BCUT2D eigenvalue weighted by Gasteiger charge is 2.06. The molecule has 0 fully saturated rings. The molecule has 0 heterocycles. The maximum Gasteiger partial charge on any atom is 0.0515 e. The van der Waals surface area contributed by atoms with E-state index in [1.54, 1.807) is 6.92 Å². The Kier molecular flexibility index (Phi) is 4.72. The van der Waals surface area contributed by atoms with Crippen LogP contribution in [0.4, 0.5) is 0 Å². The van der Waals surface area contributed by atoms with Crippen molar-refractivity contribution in [3.63, 3.8) is 0 Å². The molecule has 0 aliphatic heterocycles. The van der Waals surface area contributed by atoms with Crippen molar-refractivity contribution in [1.29, 1.82) is 0 Å². The van der Waals surface area contributed by atoms with Crippen molar-refractivity contribution >= 4 is 0 Å². The Morgan fingerprint density at radius 1 is 1.44 bits per heavy atom. The molecule has 2 N–H and O–H groups in total. The zero-order chi connectivity index (χ0) is 7.28. The maximum absolute atomic E-state index is 8.87. The van der Waals surface area contributed by atoms with Gasteiger partial charge in [0.1, 0.15) is 0 Å². The molecule has 0 aliphatic rings. The van der Waals surface area contributed by atoms with Gasteiger partial charge in [0.2, 0.25) is 0 Å². The van der Waals surface area contributed by atoms with Gasteiger partial charge in [-0.15, -0.1) is 0 Å². The normalized spacial score (nSPS) is 17.3. The molecule has 0 aromatic carbocycles. The van der Waals surface area contributed by atoms with Crippen LogP contribution >= 0.6 is 0 Å². The van der Waals surface area contributed by atoms with Crippen LogP contribution < -0.4 is 0 Å². The zero-order valence-corrected chi connectivity index (χ0v) is 6.17. The minimum absolute atomic E-state index is 0.196. The van der Waals surface area contributed by atoms with E-state index in [1.165, 1.54) is 0 Å². The Morgan fingerprint density at radius 2 is 2.00 bits per heavy atom. The van der Waals surface area contributed by atoms with Gasteiger partial charge in [-0.3, -0.25) is 0 Å². The first-order valence-electron chi connectivity index (χ1n) is 3.49. The van der Waals surface area contributed by atoms with E-state index in [1.807, 2.05) is 6.92 Å². The topological polar surface area (TPSA) is 40.5 Å². The summed E-state index contributed by atoms with van der Waals surface area (Å²) in [6.45, 7) is 3.96. The Morgan fingerprint density at radius 3 is 2.11 bits per heavy atom. The molecule has 0 aliphatic carbocycles. The second kappa shape index (κ2) is 4.77. The summed E-state index contributed by atoms with van der Waals surface area (Å²) >= 11 is 0. The molecule has 56 valence electrons. The quantitative estimate of drug-likeness (QED) is 0.593. The molecule has 2 heteroatoms. The van der Waals surface area contributed by atoms with E-state index in [0.717, 1.165) is 6.42 Å². The Hall–Kier alpha value is -0.0800. The van der Waals surface area contributed by atoms with Crippen LogP contribution in [0, 0.1) is 5.92 Å². The van der Waals surface area contributed by atoms with Crippen LogP contribution in [0.3, 0.4) is 0 Å². The number of rotatable bonds is 4. The van der Waals surface area contributed by atoms with Gasteiger partial charge in [-0.05, 0) is 19.3 Å². The van der Waals surface area contributed by atoms with Crippen LogP contribution in [0.2, 0.25) is 0 Å². The predicted octanol–water partition coefficient (Wildman–Crippen LogP) is 0.776. The van der Waals surface area contributed by atoms with Gasteiger partial charge in [0.25, 0.3) is 0 Å². The highest BCUT2D eigenvalue weighted by Crippen LogP contribution is 2.08. The lowest BCUT2D eigenvalue weighted by atomic mass is 10.0. The van der Waals surface area contributed by atoms with Crippen molar-refractivity contribution in [3.05, 3.63) is 0 Å². The monoisotopic (exact) mass is 132 g/mol. The molecule has 0 spiro atoms. The lowest BCUT2D eigenvalue weighted by Gasteiger charge is -2.12. The summed E-state index contributed by atoms with van der Waals surface area (Å²) in [5.41, 5.74) is 0. The second-order valence-corrected chi connectivity index (χ2v) is 2.54. The number of hydrogen-bond donors (Lipinski definition) is 2. The Labute approximate surface area is 56.5 Å². The smallest absolute Gasteiger partial charge is 0.0515 e. The van der Waals surface area contributed by atoms with E-state index in [4.69, 9.17) is 10.2 Å². The lowest BCUT2D eigenvalue weighted by molar-refractivity contribution is 0.127. The van der Waals surface area contributed by atoms with E-state index >= 15 is 0 Å². The van der Waals surface area contributed by atoms with Gasteiger partial charge < -0.3 is 10.2 Å². The first-order chi connectivity index (χ1) is 4.20. The fourth-order valence-corrected chi connectivity index (χ4v) is 0.853. The minimum Gasteiger partial charge on any atom is -0.396 e. The van der Waals surface area contributed by atoms with Crippen LogP contribution in [0.15, 0.2) is 0 Å². The Bertz CT molecular complexity index is 57.9. The van der Waals surface area contributed by atoms with Gasteiger partial charge in [0, 0.05) is 6.61 Å². The third kappa shape index (κ3) is 4.43. The van der Waals surface area contributed by atoms with Crippen LogP contribution in [0.5, 0.6) is 0 Å². The fraction of sp³-hybridized carbons (Fsp3) is 1.00. The standard InChI is InChI=1S/C7H16O2/c1-3-7(5-8)4-6(2)9/h6-9H,3-5H2,1-2H3. The average molecular weight is 132 g/mol. The molecular formula is C7H16O2. The summed E-state index contributed by atoms with van der Waals surface area (Å²) in [5, 5.41) is 17.5. The van der Waals surface area contributed by atoms with Crippen LogP contribution in [0.1, 0.15) is 26.7 Å². The van der Waals surface area contributed by atoms with Gasteiger partial charge in [0.05, 0.1) is 6.10 Å². The molecule has 2 unspecified atom stereocenters. The molecule has 0 aromatic heterocycles. The largest absolute Gasteiger partial charge is 0.396 e. The highest BCUT2D eigenvalue weighted by molar-refractivity contribution is 4.58. The summed E-state index contributed by atoms with van der Waals surface area (Å²) in [7, 11) is 0. The molecule has 0 saturated carbocycles. The van der Waals surface area contributed by atoms with E-state index in [-0.39, 0.29) is 18.6 Å². The van der Waals surface area contributed by atoms with Crippen molar-refractivity contribution < 1.29 is 10.2 Å². The van der Waals surface area contributed by atoms with Gasteiger partial charge in [-0.25, -0.2) is 0 Å². The summed E-state index contributed by atoms with van der Waals surface area (Å²) in [6.07, 6.45) is 1.39. The van der Waals surface area contributed by atoms with Gasteiger partial charge in [-0.1, -0.05) is 13.3 Å². The first kappa shape index (κ1) is 8.92. The first-order valence-corrected chi connectivity index (χ1v) is 3.49. The number of hydrogen-bond acceptors (Lipinski definition) is 2. The molecule has 0 radical (unpaired) electrons. The van der Waals surface area contributed by atoms with Gasteiger partial charge in [0.15, 0.2) is 0 Å². The summed E-state index contributed by atoms with van der Waals surface area (Å²) in [4.78, 5) is 0. The molecule has 0 amide bonds. The Balaban J connectivity index is 3.31. The predicted molar refractivity (Wildman–Crippen MR) is 37.2 cm³/mol. The third-order valence-electron chi connectivity index (χ3n) is 1.51. The average Bonchev–Trinajstić information content (AvgIpc) is 1.82. The molecule has 0 bridgehead atoms. The van der Waals surface area contributed by atoms with Gasteiger partial charge in [-0.2, -0.15) is 0 Å². The maximum atomic E-state index is 8.87. The number of aliphatic hydroxyl groups excluding tert-OH is 2. The summed E-state index contributed by atoms with van der Waals surface area (Å²) in [6, 6.07) is 0. The number of aliphatic hydroxyl groups is 2. The van der Waals surface area contributed by atoms with Crippen LogP contribution in [0.25, 0.3) is 0 Å². The molecule has 0 rings (SSSR count). The minimum atomic E-state index is -0.276. The van der Waals surface area contributed by atoms with Crippen molar-refractivity contribution in [3.8, 4) is 0 Å². The second-order valence-electron chi connectivity index (χ2n) is 2.54. The van der Waals surface area contributed by atoms with E-state index < -0.39 is 0 Å². The molecule has 2 nitrogen and oxygen atoms in total. The molecule has 2 atom stereocenters. The fourth-order valence-electron chi connectivity index (χ4n) is 0.853. The zero-order valence-electron chi connectivity index (χ0n) is 6.17. The molecule has 9 heavy (non-hydrogen) atoms. The summed E-state index contributed by atoms with van der Waals surface area (Å²) in [5.74, 6) is 0.282. The third-order valence-corrected chi connectivity index (χ3v) is 1.51. The van der Waals surface area contributed by atoms with E-state index in [9.17, 15) is 0 Å². The molecule has 0 aromatic rings. The lowest BCUT2D eigenvalue weighted by Crippen LogP contribution is -2.12. The van der Waals surface area contributed by atoms with Crippen molar-refractivity contribution in [2.24, 2.45) is 5.92 Å². The van der Waals surface area contributed by atoms with Gasteiger partial charge >= 0.3 is 0 Å². The van der Waals surface area contributed by atoms with Crippen LogP contribution in [-0.4, -0.2) is 22.9 Å². The summed E-state index contributed by atoms with van der Waals surface area (Å²) < 4.78 is 0. The van der Waals surface area contributed by atoms with E-state index in [0.29, 0.717) is 6.42 Å². The van der Waals surface area contributed by atoms with Crippen LogP contribution in [-0.2, 0) is 0 Å². The molecular weight excluding hydrogens is 116 g/mol. The van der Waals surface area contributed by atoms with E-state index in [2.05, 4.69) is 0 Å². The SMILES string of the molecule is CCC(CO)CC(C)O. The van der Waals surface area contributed by atoms with Crippen molar-refractivity contribution in [2.75, 3.05) is 6.61 Å². The van der Waals surface area contributed by atoms with Crippen molar-refractivity contribution in [2.45, 2.75) is 32.8 Å².